The van der Waals surface area contributed by atoms with Crippen molar-refractivity contribution in [3.05, 3.63) is 23.3 Å². The first kappa shape index (κ1) is 17.6. The fraction of sp³-hybridized carbons (Fsp3) is 0.588. The zero-order valence-electron chi connectivity index (χ0n) is 13.6. The van der Waals surface area contributed by atoms with Crippen LogP contribution in [0.15, 0.2) is 12.1 Å². The number of benzene rings is 1. The van der Waals surface area contributed by atoms with E-state index >= 15 is 0 Å². The fourth-order valence-corrected chi connectivity index (χ4v) is 3.19. The molecular weight excluding hydrogens is 445 g/mol. The van der Waals surface area contributed by atoms with Crippen LogP contribution >= 0.6 is 0 Å². The molecule has 0 heterocycles. The van der Waals surface area contributed by atoms with Crippen molar-refractivity contribution in [2.45, 2.75) is 60.3 Å². The molecule has 0 aliphatic carbocycles. The zero-order chi connectivity index (χ0) is 15.7. The molecule has 0 unspecified atom stereocenters. The Bertz CT molecular complexity index is 505. The van der Waals surface area contributed by atoms with Crippen molar-refractivity contribution < 1.29 is 9.53 Å². The molecule has 0 fully saturated rings. The molecule has 1 aromatic carbocycles. The molecule has 0 aliphatic heterocycles. The van der Waals surface area contributed by atoms with Crippen LogP contribution in [0.25, 0.3) is 0 Å². The van der Waals surface area contributed by atoms with Crippen molar-refractivity contribution in [3.8, 4) is 5.75 Å². The third-order valence-electron chi connectivity index (χ3n) is 2.91. The first-order valence-corrected chi connectivity index (χ1v) is 8.52. The minimum atomic E-state index is -0.248. The molecule has 0 N–H and O–H groups in total. The molecule has 1 radical (unpaired) electrons. The number of ether oxygens (including phenoxy) is 1. The Balaban J connectivity index is 3.48. The predicted molar refractivity (Wildman–Crippen MR) is 85.0 cm³/mol. The second-order valence-corrected chi connectivity index (χ2v) is 9.37. The van der Waals surface area contributed by atoms with Gasteiger partial charge in [-0.3, -0.25) is 0 Å². The van der Waals surface area contributed by atoms with Gasteiger partial charge in [-0.15, -0.1) is 0 Å². The van der Waals surface area contributed by atoms with Crippen LogP contribution in [0.4, 0.5) is 0 Å². The van der Waals surface area contributed by atoms with Gasteiger partial charge in [0.15, 0.2) is 0 Å². The maximum absolute atomic E-state index is 11.5. The van der Waals surface area contributed by atoms with E-state index in [-0.39, 0.29) is 16.8 Å². The molecule has 0 saturated heterocycles. The summed E-state index contributed by atoms with van der Waals surface area (Å²) in [6.07, 6.45) is 0.903. The first-order chi connectivity index (χ1) is 8.90. The number of carbonyl (C=O) groups excluding carboxylic acids is 1. The van der Waals surface area contributed by atoms with E-state index in [2.05, 4.69) is 53.7 Å². The number of hydrogen-bond donors (Lipinski definition) is 0. The molecule has 1 rings (SSSR count). The van der Waals surface area contributed by atoms with Gasteiger partial charge >= 0.3 is 139 Å². The van der Waals surface area contributed by atoms with Gasteiger partial charge in [-0.2, -0.15) is 0 Å². The van der Waals surface area contributed by atoms with Crippen molar-refractivity contribution in [1.29, 1.82) is 0 Å². The van der Waals surface area contributed by atoms with Gasteiger partial charge in [0.25, 0.3) is 0 Å². The fourth-order valence-electron chi connectivity index (χ4n) is 2.18. The Hall–Kier alpha value is -0.414. The van der Waals surface area contributed by atoms with Crippen LogP contribution in [-0.2, 0) is 16.6 Å². The van der Waals surface area contributed by atoms with E-state index in [0.29, 0.717) is 0 Å². The third kappa shape index (κ3) is 5.17. The van der Waals surface area contributed by atoms with E-state index in [4.69, 9.17) is 4.74 Å². The number of rotatable bonds is 2. The second kappa shape index (κ2) is 6.14. The standard InChI is InChI=1S/C17H25O2.Po/c1-12(18)19-15-13(11-16(2,3)4)9-8-10-14(15)17(5,6)7;/h9-10H,11H2,1-7H3;. The van der Waals surface area contributed by atoms with Crippen LogP contribution in [0, 0.1) is 5.41 Å². The molecular formula is C17H25O2Po. The van der Waals surface area contributed by atoms with E-state index in [1.807, 2.05) is 0 Å². The summed E-state index contributed by atoms with van der Waals surface area (Å²) in [4.78, 5) is 11.5. The van der Waals surface area contributed by atoms with Gasteiger partial charge in [-0.25, -0.2) is 0 Å². The Morgan fingerprint density at radius 3 is 2.10 bits per heavy atom. The summed E-state index contributed by atoms with van der Waals surface area (Å²) in [6.45, 7) is 14.6. The van der Waals surface area contributed by atoms with Crippen LogP contribution in [0.2, 0.25) is 0 Å². The summed E-state index contributed by atoms with van der Waals surface area (Å²) >= 11 is 1.44. The molecule has 0 aromatic heterocycles. The second-order valence-electron chi connectivity index (χ2n) is 7.54. The molecule has 0 spiro atoms. The maximum atomic E-state index is 11.5. The normalized spacial score (nSPS) is 12.3. The zero-order valence-corrected chi connectivity index (χ0v) is 16.8. The van der Waals surface area contributed by atoms with Crippen LogP contribution < -0.4 is 7.96 Å². The van der Waals surface area contributed by atoms with Crippen molar-refractivity contribution in [1.82, 2.24) is 0 Å². The molecule has 0 amide bonds. The predicted octanol–water partition coefficient (Wildman–Crippen LogP) is 3.29. The topological polar surface area (TPSA) is 26.3 Å². The Kier molecular flexibility index (Phi) is 5.42. The first-order valence-electron chi connectivity index (χ1n) is 6.93. The summed E-state index contributed by atoms with van der Waals surface area (Å²) < 4.78 is 6.87. The molecule has 3 heteroatoms. The summed E-state index contributed by atoms with van der Waals surface area (Å²) in [6, 6.07) is 4.34. The SMILES string of the molecule is CC(=O)Oc1c(CC(C)(C)C)c[c]([Po])cc1C(C)(C)C. The van der Waals surface area contributed by atoms with E-state index in [0.717, 1.165) is 23.3 Å². The number of carbonyl (C=O) groups is 1. The van der Waals surface area contributed by atoms with Crippen molar-refractivity contribution in [3.63, 3.8) is 0 Å². The summed E-state index contributed by atoms with van der Waals surface area (Å²) in [5, 5.41) is 0. The molecule has 0 saturated carbocycles. The van der Waals surface area contributed by atoms with E-state index in [1.54, 1.807) is 0 Å². The average Bonchev–Trinajstić information content (AvgIpc) is 2.16. The van der Waals surface area contributed by atoms with Gasteiger partial charge in [0, 0.05) is 0 Å². The quantitative estimate of drug-likeness (QED) is 0.490. The Morgan fingerprint density at radius 1 is 1.15 bits per heavy atom. The van der Waals surface area contributed by atoms with Gasteiger partial charge in [-0.05, 0) is 0 Å². The van der Waals surface area contributed by atoms with E-state index in [9.17, 15) is 4.79 Å². The van der Waals surface area contributed by atoms with Crippen LogP contribution in [-0.4, -0.2) is 31.0 Å². The van der Waals surface area contributed by atoms with Gasteiger partial charge in [0.05, 0.1) is 0 Å². The monoisotopic (exact) mass is 470 g/mol. The molecule has 0 bridgehead atoms. The molecule has 20 heavy (non-hydrogen) atoms. The number of hydrogen-bond acceptors (Lipinski definition) is 2. The molecule has 0 atom stereocenters. The van der Waals surface area contributed by atoms with Gasteiger partial charge in [-0.1, -0.05) is 0 Å². The van der Waals surface area contributed by atoms with Gasteiger partial charge in [0.1, 0.15) is 0 Å². The molecule has 2 nitrogen and oxygen atoms in total. The average molecular weight is 470 g/mol. The van der Waals surface area contributed by atoms with Gasteiger partial charge < -0.3 is 0 Å². The summed E-state index contributed by atoms with van der Waals surface area (Å²) in [7, 11) is 0. The van der Waals surface area contributed by atoms with Crippen LogP contribution in [0.3, 0.4) is 0 Å². The molecule has 0 aliphatic rings. The van der Waals surface area contributed by atoms with Gasteiger partial charge in [0.2, 0.25) is 0 Å². The Labute approximate surface area is 138 Å². The van der Waals surface area contributed by atoms with Crippen LogP contribution in [0.5, 0.6) is 5.75 Å². The van der Waals surface area contributed by atoms with E-state index < -0.39 is 0 Å². The molecule has 1 aromatic rings. The Morgan fingerprint density at radius 2 is 1.70 bits per heavy atom. The summed E-state index contributed by atoms with van der Waals surface area (Å²) in [5.41, 5.74) is 2.39. The number of esters is 1. The van der Waals surface area contributed by atoms with Crippen LogP contribution in [0.1, 0.15) is 59.6 Å². The van der Waals surface area contributed by atoms with E-state index in [1.165, 1.54) is 35.2 Å². The molecule has 111 valence electrons. The summed E-state index contributed by atoms with van der Waals surface area (Å²) in [5.74, 6) is 0.520. The van der Waals surface area contributed by atoms with Crippen molar-refractivity contribution in [2.75, 3.05) is 0 Å². The third-order valence-corrected chi connectivity index (χ3v) is 3.83. The van der Waals surface area contributed by atoms with Crippen molar-refractivity contribution >= 4 is 34.3 Å². The minimum absolute atomic E-state index is 0.0388. The van der Waals surface area contributed by atoms with Crippen molar-refractivity contribution in [2.24, 2.45) is 5.41 Å².